The maximum absolute atomic E-state index is 5.68. The maximum Gasteiger partial charge on any atom is 0.229 e. The van der Waals surface area contributed by atoms with E-state index in [1.807, 2.05) is 18.2 Å². The van der Waals surface area contributed by atoms with E-state index >= 15 is 0 Å². The lowest BCUT2D eigenvalue weighted by Gasteiger charge is -2.10. The minimum absolute atomic E-state index is 0.258. The topological polar surface area (TPSA) is 83.4 Å². The van der Waals surface area contributed by atoms with Crippen molar-refractivity contribution in [2.24, 2.45) is 5.73 Å². The van der Waals surface area contributed by atoms with Crippen LogP contribution in [0.15, 0.2) is 22.7 Å². The molecule has 1 aromatic heterocycles. The molecule has 3 rings (SSSR count). The lowest BCUT2D eigenvalue weighted by molar-refractivity contribution is 0.269. The summed E-state index contributed by atoms with van der Waals surface area (Å²) in [6, 6.07) is 5.60. The number of aromatic nitrogens is 2. The standard InChI is InChI=1S/C14H17N3O3/c1-18-12-6-9(7-15)2-5-11(12)19-8-13-16-14(20-17-13)10-3-4-10/h2,5-6,10H,3-4,7-8,15H2,1H3. The fraction of sp³-hybridized carbons (Fsp3) is 0.429. The second-order valence-corrected chi connectivity index (χ2v) is 4.80. The van der Waals surface area contributed by atoms with E-state index in [9.17, 15) is 0 Å². The highest BCUT2D eigenvalue weighted by Gasteiger charge is 2.29. The Kier molecular flexibility index (Phi) is 3.56. The molecule has 20 heavy (non-hydrogen) atoms. The van der Waals surface area contributed by atoms with Gasteiger partial charge in [0.15, 0.2) is 18.1 Å². The molecule has 106 valence electrons. The smallest absolute Gasteiger partial charge is 0.229 e. The Bertz CT molecular complexity index is 593. The molecule has 0 saturated heterocycles. The molecule has 0 amide bonds. The van der Waals surface area contributed by atoms with E-state index in [1.54, 1.807) is 7.11 Å². The van der Waals surface area contributed by atoms with Gasteiger partial charge in [-0.3, -0.25) is 0 Å². The van der Waals surface area contributed by atoms with E-state index < -0.39 is 0 Å². The second kappa shape index (κ2) is 5.50. The van der Waals surface area contributed by atoms with E-state index in [1.165, 1.54) is 0 Å². The van der Waals surface area contributed by atoms with Crippen LogP contribution >= 0.6 is 0 Å². The van der Waals surface area contributed by atoms with Crippen LogP contribution in [0.25, 0.3) is 0 Å². The van der Waals surface area contributed by atoms with E-state index in [4.69, 9.17) is 19.7 Å². The maximum atomic E-state index is 5.68. The Morgan fingerprint density at radius 2 is 2.20 bits per heavy atom. The largest absolute Gasteiger partial charge is 0.493 e. The van der Waals surface area contributed by atoms with Crippen LogP contribution in [0, 0.1) is 0 Å². The summed E-state index contributed by atoms with van der Waals surface area (Å²) in [6.07, 6.45) is 2.27. The third-order valence-corrected chi connectivity index (χ3v) is 3.23. The molecule has 1 aliphatic rings. The molecule has 6 nitrogen and oxygen atoms in total. The van der Waals surface area contributed by atoms with E-state index in [0.717, 1.165) is 18.4 Å². The number of hydrogen-bond acceptors (Lipinski definition) is 6. The highest BCUT2D eigenvalue weighted by molar-refractivity contribution is 5.42. The van der Waals surface area contributed by atoms with E-state index in [2.05, 4.69) is 10.1 Å². The van der Waals surface area contributed by atoms with Crippen molar-refractivity contribution in [1.82, 2.24) is 10.1 Å². The third kappa shape index (κ3) is 2.75. The molecule has 0 spiro atoms. The molecule has 1 aromatic carbocycles. The van der Waals surface area contributed by atoms with Crippen molar-refractivity contribution in [1.29, 1.82) is 0 Å². The van der Waals surface area contributed by atoms with Gasteiger partial charge in [-0.05, 0) is 30.5 Å². The summed E-state index contributed by atoms with van der Waals surface area (Å²) in [5.74, 6) is 3.02. The molecule has 1 aliphatic carbocycles. The van der Waals surface area contributed by atoms with Crippen LogP contribution < -0.4 is 15.2 Å². The molecule has 0 bridgehead atoms. The number of benzene rings is 1. The Balaban J connectivity index is 1.67. The fourth-order valence-electron chi connectivity index (χ4n) is 1.92. The van der Waals surface area contributed by atoms with Gasteiger partial charge >= 0.3 is 0 Å². The summed E-state index contributed by atoms with van der Waals surface area (Å²) in [5, 5.41) is 3.91. The zero-order chi connectivity index (χ0) is 13.9. The zero-order valence-corrected chi connectivity index (χ0v) is 11.3. The Labute approximate surface area is 116 Å². The molecule has 1 saturated carbocycles. The number of methoxy groups -OCH3 is 1. The summed E-state index contributed by atoms with van der Waals surface area (Å²) in [5.41, 5.74) is 6.59. The number of nitrogens with zero attached hydrogens (tertiary/aromatic N) is 2. The summed E-state index contributed by atoms with van der Waals surface area (Å²) in [7, 11) is 1.60. The molecule has 0 atom stereocenters. The van der Waals surface area contributed by atoms with Gasteiger partial charge in [0.2, 0.25) is 11.7 Å². The molecule has 0 unspecified atom stereocenters. The van der Waals surface area contributed by atoms with Crippen LogP contribution in [-0.2, 0) is 13.2 Å². The van der Waals surface area contributed by atoms with Crippen molar-refractivity contribution in [2.45, 2.75) is 31.9 Å². The lowest BCUT2D eigenvalue weighted by Crippen LogP contribution is -2.01. The monoisotopic (exact) mass is 275 g/mol. The van der Waals surface area contributed by atoms with Crippen LogP contribution in [0.4, 0.5) is 0 Å². The first kappa shape index (κ1) is 12.9. The predicted octanol–water partition coefficient (Wildman–Crippen LogP) is 1.99. The van der Waals surface area contributed by atoms with Crippen LogP contribution in [0.2, 0.25) is 0 Å². The third-order valence-electron chi connectivity index (χ3n) is 3.23. The van der Waals surface area contributed by atoms with Crippen molar-refractivity contribution in [3.8, 4) is 11.5 Å². The SMILES string of the molecule is COc1cc(CN)ccc1OCc1noc(C2CC2)n1. The van der Waals surface area contributed by atoms with Crippen molar-refractivity contribution >= 4 is 0 Å². The highest BCUT2D eigenvalue weighted by atomic mass is 16.5. The minimum Gasteiger partial charge on any atom is -0.493 e. The number of rotatable bonds is 6. The molecule has 0 aliphatic heterocycles. The van der Waals surface area contributed by atoms with Gasteiger partial charge < -0.3 is 19.7 Å². The number of nitrogens with two attached hydrogens (primary N) is 1. The van der Waals surface area contributed by atoms with E-state index in [0.29, 0.717) is 35.7 Å². The number of hydrogen-bond donors (Lipinski definition) is 1. The Morgan fingerprint density at radius 3 is 2.90 bits per heavy atom. The average Bonchev–Trinajstić information content (AvgIpc) is 3.24. The van der Waals surface area contributed by atoms with Gasteiger partial charge in [0, 0.05) is 12.5 Å². The normalized spacial score (nSPS) is 14.3. The van der Waals surface area contributed by atoms with Gasteiger partial charge in [0.25, 0.3) is 0 Å². The Hall–Kier alpha value is -2.08. The second-order valence-electron chi connectivity index (χ2n) is 4.80. The van der Waals surface area contributed by atoms with Gasteiger partial charge in [-0.2, -0.15) is 4.98 Å². The molecular weight excluding hydrogens is 258 g/mol. The van der Waals surface area contributed by atoms with Gasteiger partial charge in [-0.15, -0.1) is 0 Å². The Morgan fingerprint density at radius 1 is 1.35 bits per heavy atom. The molecule has 1 fully saturated rings. The van der Waals surface area contributed by atoms with Crippen LogP contribution in [0.5, 0.6) is 11.5 Å². The minimum atomic E-state index is 0.258. The summed E-state index contributed by atoms with van der Waals surface area (Å²) in [4.78, 5) is 4.31. The summed E-state index contributed by atoms with van der Waals surface area (Å²) < 4.78 is 16.1. The molecule has 6 heteroatoms. The highest BCUT2D eigenvalue weighted by Crippen LogP contribution is 2.38. The first-order valence-electron chi connectivity index (χ1n) is 6.62. The van der Waals surface area contributed by atoms with Crippen LogP contribution in [-0.4, -0.2) is 17.3 Å². The predicted molar refractivity (Wildman–Crippen MR) is 71.5 cm³/mol. The van der Waals surface area contributed by atoms with Crippen LogP contribution in [0.3, 0.4) is 0 Å². The first-order valence-corrected chi connectivity index (χ1v) is 6.62. The summed E-state index contributed by atoms with van der Waals surface area (Å²) >= 11 is 0. The van der Waals surface area contributed by atoms with Gasteiger partial charge in [0.1, 0.15) is 0 Å². The zero-order valence-electron chi connectivity index (χ0n) is 11.3. The molecule has 1 heterocycles. The molecular formula is C14H17N3O3. The molecule has 2 N–H and O–H groups in total. The molecule has 2 aromatic rings. The van der Waals surface area contributed by atoms with Gasteiger partial charge in [-0.25, -0.2) is 0 Å². The van der Waals surface area contributed by atoms with Crippen molar-refractivity contribution in [2.75, 3.05) is 7.11 Å². The lowest BCUT2D eigenvalue weighted by atomic mass is 10.2. The fourth-order valence-corrected chi connectivity index (χ4v) is 1.92. The van der Waals surface area contributed by atoms with Crippen molar-refractivity contribution < 1.29 is 14.0 Å². The van der Waals surface area contributed by atoms with E-state index in [-0.39, 0.29) is 6.61 Å². The van der Waals surface area contributed by atoms with Crippen molar-refractivity contribution in [3.63, 3.8) is 0 Å². The average molecular weight is 275 g/mol. The van der Waals surface area contributed by atoms with Gasteiger partial charge in [0.05, 0.1) is 7.11 Å². The van der Waals surface area contributed by atoms with Gasteiger partial charge in [-0.1, -0.05) is 11.2 Å². The van der Waals surface area contributed by atoms with Crippen molar-refractivity contribution in [3.05, 3.63) is 35.5 Å². The van der Waals surface area contributed by atoms with Crippen LogP contribution in [0.1, 0.15) is 36.0 Å². The molecule has 0 radical (unpaired) electrons. The quantitative estimate of drug-likeness (QED) is 0.868. The summed E-state index contributed by atoms with van der Waals surface area (Å²) in [6.45, 7) is 0.723. The number of ether oxygens (including phenoxy) is 2. The first-order chi connectivity index (χ1) is 9.80.